The van der Waals surface area contributed by atoms with Crippen LogP contribution >= 0.6 is 0 Å². The molecule has 20 heteroatoms. The van der Waals surface area contributed by atoms with Crippen LogP contribution in [0.2, 0.25) is 0 Å². The SMILES string of the molecule is CC(O)C1NC(=O)C(NC(=O)C(N)CO)CCC(=O)NCCCCC(C(=O)NC(CO)CNC(Cc2ccccc2)C(N)O)N(C)C(=O)C(CO)NC1=O. The van der Waals surface area contributed by atoms with Crippen molar-refractivity contribution in [2.75, 3.05) is 40.0 Å². The summed E-state index contributed by atoms with van der Waals surface area (Å²) in [6, 6.07) is 0.386. The highest BCUT2D eigenvalue weighted by Crippen LogP contribution is 2.12. The van der Waals surface area contributed by atoms with Crippen LogP contribution in [0.5, 0.6) is 0 Å². The predicted octanol–water partition coefficient (Wildman–Crippen LogP) is -6.00. The van der Waals surface area contributed by atoms with Gasteiger partial charge < -0.3 is 73.8 Å². The lowest BCUT2D eigenvalue weighted by Gasteiger charge is -2.33. The molecule has 0 bridgehead atoms. The molecule has 0 saturated carbocycles. The van der Waals surface area contributed by atoms with Crippen LogP contribution in [0.1, 0.15) is 44.6 Å². The number of amides is 6. The van der Waals surface area contributed by atoms with Gasteiger partial charge in [-0.2, -0.15) is 0 Å². The van der Waals surface area contributed by atoms with Crippen molar-refractivity contribution in [2.45, 2.75) is 100 Å². The lowest BCUT2D eigenvalue weighted by Crippen LogP contribution is -2.62. The second-order valence-corrected chi connectivity index (χ2v) is 13.3. The molecule has 9 atom stereocenters. The van der Waals surface area contributed by atoms with Gasteiger partial charge in [0, 0.05) is 26.6 Å². The zero-order chi connectivity index (χ0) is 40.4. The maximum absolute atomic E-state index is 13.7. The average Bonchev–Trinajstić information content (AvgIpc) is 3.15. The Morgan fingerprint density at radius 2 is 1.65 bits per heavy atom. The van der Waals surface area contributed by atoms with Crippen molar-refractivity contribution in [1.82, 2.24) is 36.8 Å². The normalized spacial score (nSPS) is 24.0. The fourth-order valence-electron chi connectivity index (χ4n) is 5.62. The van der Waals surface area contributed by atoms with Crippen LogP contribution in [0.4, 0.5) is 0 Å². The van der Waals surface area contributed by atoms with Crippen LogP contribution in [0.3, 0.4) is 0 Å². The number of aliphatic hydroxyl groups is 5. The zero-order valence-electron chi connectivity index (χ0n) is 30.6. The summed E-state index contributed by atoms with van der Waals surface area (Å²) in [5, 5.41) is 65.4. The van der Waals surface area contributed by atoms with E-state index in [1.165, 1.54) is 14.0 Å². The van der Waals surface area contributed by atoms with E-state index in [9.17, 15) is 54.3 Å². The molecule has 9 unspecified atom stereocenters. The molecule has 1 aromatic carbocycles. The number of aliphatic hydroxyl groups excluding tert-OH is 5. The maximum Gasteiger partial charge on any atom is 0.247 e. The fraction of sp³-hybridized carbons (Fsp3) is 0.647. The van der Waals surface area contributed by atoms with E-state index in [0.717, 1.165) is 10.5 Å². The second-order valence-electron chi connectivity index (χ2n) is 13.3. The average molecular weight is 768 g/mol. The highest BCUT2D eigenvalue weighted by molar-refractivity contribution is 5.96. The lowest BCUT2D eigenvalue weighted by molar-refractivity contribution is -0.144. The van der Waals surface area contributed by atoms with Gasteiger partial charge in [0.05, 0.1) is 38.0 Å². The summed E-state index contributed by atoms with van der Waals surface area (Å²) in [6.07, 6.45) is -2.26. The van der Waals surface area contributed by atoms with Gasteiger partial charge in [-0.1, -0.05) is 30.3 Å². The van der Waals surface area contributed by atoms with E-state index in [1.807, 2.05) is 30.3 Å². The summed E-state index contributed by atoms with van der Waals surface area (Å²) >= 11 is 0. The summed E-state index contributed by atoms with van der Waals surface area (Å²) in [7, 11) is 1.28. The smallest absolute Gasteiger partial charge is 0.247 e. The Labute approximate surface area is 313 Å². The first-order valence-electron chi connectivity index (χ1n) is 17.8. The number of rotatable bonds is 14. The van der Waals surface area contributed by atoms with E-state index < -0.39 is 110 Å². The predicted molar refractivity (Wildman–Crippen MR) is 193 cm³/mol. The molecule has 304 valence electrons. The molecule has 0 radical (unpaired) electrons. The van der Waals surface area contributed by atoms with E-state index in [1.54, 1.807) is 0 Å². The van der Waals surface area contributed by atoms with Crippen molar-refractivity contribution in [2.24, 2.45) is 11.5 Å². The quantitative estimate of drug-likeness (QED) is 0.0785. The van der Waals surface area contributed by atoms with E-state index in [4.69, 9.17) is 11.5 Å². The van der Waals surface area contributed by atoms with Crippen molar-refractivity contribution in [1.29, 1.82) is 0 Å². The number of hydrogen-bond donors (Lipinski definition) is 13. The molecule has 54 heavy (non-hydrogen) atoms. The van der Waals surface area contributed by atoms with Crippen LogP contribution in [-0.4, -0.2) is 160 Å². The van der Waals surface area contributed by atoms with E-state index in [2.05, 4.69) is 31.9 Å². The molecule has 0 aliphatic carbocycles. The Bertz CT molecular complexity index is 1370. The minimum absolute atomic E-state index is 0.00896. The molecule has 1 saturated heterocycles. The Morgan fingerprint density at radius 1 is 0.963 bits per heavy atom. The molecular formula is C34H57N9O11. The largest absolute Gasteiger partial charge is 0.394 e. The van der Waals surface area contributed by atoms with Crippen LogP contribution in [0.25, 0.3) is 0 Å². The van der Waals surface area contributed by atoms with E-state index >= 15 is 0 Å². The van der Waals surface area contributed by atoms with Gasteiger partial charge in [-0.05, 0) is 44.6 Å². The van der Waals surface area contributed by atoms with Crippen molar-refractivity contribution in [3.8, 4) is 0 Å². The van der Waals surface area contributed by atoms with E-state index in [-0.39, 0.29) is 32.4 Å². The molecule has 2 rings (SSSR count). The first-order chi connectivity index (χ1) is 25.6. The van der Waals surface area contributed by atoms with Crippen LogP contribution in [0, 0.1) is 0 Å². The van der Waals surface area contributed by atoms with Gasteiger partial charge in [0.1, 0.15) is 36.4 Å². The minimum atomic E-state index is -1.71. The number of nitrogens with two attached hydrogens (primary N) is 2. The molecule has 1 aliphatic rings. The summed E-state index contributed by atoms with van der Waals surface area (Å²) in [4.78, 5) is 80.0. The second kappa shape index (κ2) is 23.5. The highest BCUT2D eigenvalue weighted by Gasteiger charge is 2.36. The number of likely N-dealkylation sites (N-methyl/N-ethyl adjacent to an activating group) is 1. The molecular weight excluding hydrogens is 710 g/mol. The molecule has 6 amide bonds. The number of benzene rings is 1. The van der Waals surface area contributed by atoms with Gasteiger partial charge in [-0.25, -0.2) is 0 Å². The Kier molecular flexibility index (Phi) is 20.0. The van der Waals surface area contributed by atoms with Gasteiger partial charge in [0.25, 0.3) is 0 Å². The molecule has 15 N–H and O–H groups in total. The highest BCUT2D eigenvalue weighted by atomic mass is 16.3. The minimum Gasteiger partial charge on any atom is -0.394 e. The van der Waals surface area contributed by atoms with Gasteiger partial charge in [0.15, 0.2) is 0 Å². The van der Waals surface area contributed by atoms with Gasteiger partial charge in [0.2, 0.25) is 35.4 Å². The Hall–Kier alpha value is -4.28. The van der Waals surface area contributed by atoms with Crippen molar-refractivity contribution in [3.05, 3.63) is 35.9 Å². The fourth-order valence-corrected chi connectivity index (χ4v) is 5.62. The standard InChI is InChI=1S/C34H57N9O11/c1-19(47)28-33(53)41-25(18-46)34(54)43(2)26(32(52)39-21(16-44)15-38-24(29(36)49)14-20-8-4-3-5-9-20)10-6-7-13-37-27(48)12-11-23(31(51)42-28)40-30(50)22(35)17-45/h3-5,8-9,19,21-26,28-29,38,44-47,49H,6-7,10-18,35-36H2,1-2H3,(H,37,48)(H,39,52)(H,40,50)(H,41,53)(H,42,51). The van der Waals surface area contributed by atoms with Gasteiger partial charge >= 0.3 is 0 Å². The number of hydrogen-bond acceptors (Lipinski definition) is 14. The van der Waals surface area contributed by atoms with Gasteiger partial charge in [-0.15, -0.1) is 0 Å². The molecule has 1 fully saturated rings. The summed E-state index contributed by atoms with van der Waals surface area (Å²) in [5.74, 6) is -5.04. The van der Waals surface area contributed by atoms with Crippen LogP contribution in [-0.2, 0) is 35.2 Å². The van der Waals surface area contributed by atoms with Crippen LogP contribution in [0.15, 0.2) is 30.3 Å². The molecule has 1 aromatic rings. The first-order valence-corrected chi connectivity index (χ1v) is 17.8. The third-order valence-electron chi connectivity index (χ3n) is 8.93. The summed E-state index contributed by atoms with van der Waals surface area (Å²) in [5.41, 5.74) is 12.2. The summed E-state index contributed by atoms with van der Waals surface area (Å²) < 4.78 is 0. The molecule has 1 aliphatic heterocycles. The molecule has 0 aromatic heterocycles. The van der Waals surface area contributed by atoms with Crippen LogP contribution < -0.4 is 43.4 Å². The topological polar surface area (TPSA) is 331 Å². The molecule has 20 nitrogen and oxygen atoms in total. The maximum atomic E-state index is 13.7. The number of nitrogens with zero attached hydrogens (tertiary/aromatic N) is 1. The third kappa shape index (κ3) is 14.9. The zero-order valence-corrected chi connectivity index (χ0v) is 30.6. The monoisotopic (exact) mass is 767 g/mol. The number of nitrogens with one attached hydrogen (secondary N) is 6. The van der Waals surface area contributed by atoms with Crippen molar-refractivity contribution < 1.29 is 54.3 Å². The molecule has 1 heterocycles. The third-order valence-corrected chi connectivity index (χ3v) is 8.93. The van der Waals surface area contributed by atoms with Crippen molar-refractivity contribution >= 4 is 35.4 Å². The Balaban J connectivity index is 2.29. The van der Waals surface area contributed by atoms with Gasteiger partial charge in [-0.3, -0.25) is 28.8 Å². The number of carbonyl (C=O) groups is 6. The summed E-state index contributed by atoms with van der Waals surface area (Å²) in [6.45, 7) is -0.871. The van der Waals surface area contributed by atoms with E-state index in [0.29, 0.717) is 19.3 Å². The van der Waals surface area contributed by atoms with Crippen molar-refractivity contribution in [3.63, 3.8) is 0 Å². The molecule has 0 spiro atoms. The lowest BCUT2D eigenvalue weighted by atomic mass is 10.0. The Morgan fingerprint density at radius 3 is 2.24 bits per heavy atom. The number of carbonyl (C=O) groups excluding carboxylic acids is 6. The first kappa shape index (κ1) is 45.9.